The number of nitrogens with zero attached hydrogens (tertiary/aromatic N) is 1. The number of fused-ring (bicyclic) bond motifs is 1. The maximum Gasteiger partial charge on any atom is 0.155 e. The Labute approximate surface area is 126 Å². The number of aliphatic hydroxyl groups is 1. The zero-order valence-corrected chi connectivity index (χ0v) is 12.6. The normalized spacial score (nSPS) is 18.0. The minimum atomic E-state index is -1.08. The Morgan fingerprint density at radius 3 is 2.62 bits per heavy atom. The fraction of sp³-hybridized carbons (Fsp3) is 0.533. The van der Waals surface area contributed by atoms with Crippen molar-refractivity contribution >= 4 is 22.5 Å². The van der Waals surface area contributed by atoms with Crippen molar-refractivity contribution in [2.45, 2.75) is 39.2 Å². The Hall–Kier alpha value is -1.20. The van der Waals surface area contributed by atoms with E-state index >= 15 is 0 Å². The SMILES string of the molecule is CC(C)(C1CCC1)C(O)c1c(F)c(Cl)c(F)c2cn[nH]c12. The van der Waals surface area contributed by atoms with Gasteiger partial charge >= 0.3 is 0 Å². The summed E-state index contributed by atoms with van der Waals surface area (Å²) in [6, 6.07) is 0. The predicted molar refractivity (Wildman–Crippen MR) is 77.1 cm³/mol. The van der Waals surface area contributed by atoms with Crippen molar-refractivity contribution in [2.75, 3.05) is 0 Å². The van der Waals surface area contributed by atoms with Gasteiger partial charge in [0.1, 0.15) is 5.02 Å². The molecule has 1 aliphatic carbocycles. The third-order valence-electron chi connectivity index (χ3n) is 4.90. The molecule has 2 N–H and O–H groups in total. The lowest BCUT2D eigenvalue weighted by molar-refractivity contribution is -0.0253. The molecule has 114 valence electrons. The first-order valence-corrected chi connectivity index (χ1v) is 7.41. The van der Waals surface area contributed by atoms with Crippen LogP contribution in [-0.4, -0.2) is 15.3 Å². The number of H-pyrrole nitrogens is 1. The summed E-state index contributed by atoms with van der Waals surface area (Å²) >= 11 is 5.74. The maximum absolute atomic E-state index is 14.5. The van der Waals surface area contributed by atoms with E-state index in [9.17, 15) is 13.9 Å². The van der Waals surface area contributed by atoms with Crippen molar-refractivity contribution in [3.63, 3.8) is 0 Å². The highest BCUT2D eigenvalue weighted by atomic mass is 35.5. The van der Waals surface area contributed by atoms with Crippen LogP contribution in [0.4, 0.5) is 8.78 Å². The van der Waals surface area contributed by atoms with E-state index in [1.165, 1.54) is 6.20 Å². The van der Waals surface area contributed by atoms with Gasteiger partial charge < -0.3 is 5.11 Å². The Balaban J connectivity index is 2.17. The van der Waals surface area contributed by atoms with Crippen molar-refractivity contribution in [3.05, 3.63) is 28.4 Å². The first-order valence-electron chi connectivity index (χ1n) is 7.03. The standard InChI is InChI=1S/C15H17ClF2N2O/c1-15(2,7-4-3-5-7)14(21)9-12(18)10(16)11(17)8-6-19-20-13(8)9/h6-7,14,21H,3-5H2,1-2H3,(H,19,20). The molecule has 1 heterocycles. The summed E-state index contributed by atoms with van der Waals surface area (Å²) in [7, 11) is 0. The molecule has 3 rings (SSSR count). The third-order valence-corrected chi connectivity index (χ3v) is 5.23. The molecule has 1 aliphatic rings. The first-order chi connectivity index (χ1) is 9.85. The maximum atomic E-state index is 14.5. The first kappa shape index (κ1) is 14.7. The largest absolute Gasteiger partial charge is 0.388 e. The number of aliphatic hydroxyl groups excluding tert-OH is 1. The molecule has 1 aromatic heterocycles. The second-order valence-corrected chi connectivity index (χ2v) is 6.74. The summed E-state index contributed by atoms with van der Waals surface area (Å²) < 4.78 is 28.4. The lowest BCUT2D eigenvalue weighted by Crippen LogP contribution is -2.35. The molecule has 0 saturated heterocycles. The zero-order valence-electron chi connectivity index (χ0n) is 11.9. The van der Waals surface area contributed by atoms with E-state index in [2.05, 4.69) is 10.2 Å². The quantitative estimate of drug-likeness (QED) is 0.827. The van der Waals surface area contributed by atoms with Crippen LogP contribution in [0.3, 0.4) is 0 Å². The lowest BCUT2D eigenvalue weighted by atomic mass is 9.63. The summed E-state index contributed by atoms with van der Waals surface area (Å²) in [6.45, 7) is 3.81. The number of aromatic nitrogens is 2. The van der Waals surface area contributed by atoms with Crippen molar-refractivity contribution in [2.24, 2.45) is 11.3 Å². The van der Waals surface area contributed by atoms with Crippen LogP contribution in [0.2, 0.25) is 5.02 Å². The molecule has 1 unspecified atom stereocenters. The predicted octanol–water partition coefficient (Wildman–Crippen LogP) is 4.35. The highest BCUT2D eigenvalue weighted by Crippen LogP contribution is 2.50. The average molecular weight is 315 g/mol. The van der Waals surface area contributed by atoms with Crippen LogP contribution in [0.25, 0.3) is 10.9 Å². The Morgan fingerprint density at radius 1 is 1.38 bits per heavy atom. The van der Waals surface area contributed by atoms with Crippen LogP contribution < -0.4 is 0 Å². The number of aromatic amines is 1. The van der Waals surface area contributed by atoms with Crippen LogP contribution in [-0.2, 0) is 0 Å². The zero-order chi connectivity index (χ0) is 15.4. The summed E-state index contributed by atoms with van der Waals surface area (Å²) in [5.41, 5.74) is -0.335. The van der Waals surface area contributed by atoms with Gasteiger partial charge in [-0.2, -0.15) is 5.10 Å². The summed E-state index contributed by atoms with van der Waals surface area (Å²) in [4.78, 5) is 0. The second-order valence-electron chi connectivity index (χ2n) is 6.37. The minimum Gasteiger partial charge on any atom is -0.388 e. The number of hydrogen-bond acceptors (Lipinski definition) is 2. The van der Waals surface area contributed by atoms with Crippen LogP contribution in [0, 0.1) is 23.0 Å². The molecule has 0 bridgehead atoms. The van der Waals surface area contributed by atoms with Crippen molar-refractivity contribution in [3.8, 4) is 0 Å². The minimum absolute atomic E-state index is 0.00537. The van der Waals surface area contributed by atoms with Crippen molar-refractivity contribution in [1.82, 2.24) is 10.2 Å². The van der Waals surface area contributed by atoms with Crippen LogP contribution in [0.1, 0.15) is 44.8 Å². The molecule has 0 radical (unpaired) electrons. The molecular weight excluding hydrogens is 298 g/mol. The van der Waals surface area contributed by atoms with E-state index in [4.69, 9.17) is 11.6 Å². The molecule has 21 heavy (non-hydrogen) atoms. The van der Waals surface area contributed by atoms with Crippen LogP contribution >= 0.6 is 11.6 Å². The number of rotatable bonds is 3. The number of halogens is 3. The molecule has 6 heteroatoms. The summed E-state index contributed by atoms with van der Waals surface area (Å²) in [6.07, 6.45) is 3.30. The fourth-order valence-electron chi connectivity index (χ4n) is 3.10. The van der Waals surface area contributed by atoms with Crippen molar-refractivity contribution < 1.29 is 13.9 Å². The second kappa shape index (κ2) is 4.92. The Morgan fingerprint density at radius 2 is 2.05 bits per heavy atom. The fourth-order valence-corrected chi connectivity index (χ4v) is 3.31. The van der Waals surface area contributed by atoms with Crippen molar-refractivity contribution in [1.29, 1.82) is 0 Å². The molecule has 3 nitrogen and oxygen atoms in total. The van der Waals surface area contributed by atoms with Gasteiger partial charge in [0.05, 0.1) is 23.2 Å². The smallest absolute Gasteiger partial charge is 0.155 e. The van der Waals surface area contributed by atoms with Gasteiger partial charge in [-0.25, -0.2) is 8.78 Å². The van der Waals surface area contributed by atoms with Gasteiger partial charge in [0.25, 0.3) is 0 Å². The van der Waals surface area contributed by atoms with E-state index in [1.54, 1.807) is 0 Å². The molecule has 0 spiro atoms. The van der Waals surface area contributed by atoms with Gasteiger partial charge in [0, 0.05) is 5.56 Å². The lowest BCUT2D eigenvalue weighted by Gasteiger charge is -2.43. The average Bonchev–Trinajstić information content (AvgIpc) is 2.82. The van der Waals surface area contributed by atoms with E-state index in [1.807, 2.05) is 13.8 Å². The monoisotopic (exact) mass is 314 g/mol. The molecule has 1 aromatic carbocycles. The summed E-state index contributed by atoms with van der Waals surface area (Å²) in [5.74, 6) is -1.45. The van der Waals surface area contributed by atoms with Crippen LogP contribution in [0.5, 0.6) is 0 Å². The van der Waals surface area contributed by atoms with E-state index in [0.717, 1.165) is 19.3 Å². The van der Waals surface area contributed by atoms with Gasteiger partial charge in [-0.3, -0.25) is 5.10 Å². The Bertz CT molecular complexity index is 695. The van der Waals surface area contributed by atoms with E-state index in [0.29, 0.717) is 5.92 Å². The highest BCUT2D eigenvalue weighted by molar-refractivity contribution is 6.31. The molecule has 0 aliphatic heterocycles. The highest BCUT2D eigenvalue weighted by Gasteiger charge is 2.42. The van der Waals surface area contributed by atoms with Gasteiger partial charge in [-0.1, -0.05) is 31.9 Å². The molecule has 1 fully saturated rings. The summed E-state index contributed by atoms with van der Waals surface area (Å²) in [5, 5.41) is 16.6. The topological polar surface area (TPSA) is 48.9 Å². The molecule has 1 saturated carbocycles. The molecular formula is C15H17ClF2N2O. The number of benzene rings is 1. The number of hydrogen-bond donors (Lipinski definition) is 2. The molecule has 2 aromatic rings. The third kappa shape index (κ3) is 2.06. The van der Waals surface area contributed by atoms with Gasteiger partial charge in [0.2, 0.25) is 0 Å². The van der Waals surface area contributed by atoms with E-state index in [-0.39, 0.29) is 16.5 Å². The molecule has 1 atom stereocenters. The molecule has 0 amide bonds. The van der Waals surface area contributed by atoms with Gasteiger partial charge in [-0.05, 0) is 24.2 Å². The van der Waals surface area contributed by atoms with E-state index < -0.39 is 28.2 Å². The number of nitrogens with one attached hydrogen (secondary N) is 1. The van der Waals surface area contributed by atoms with Crippen LogP contribution in [0.15, 0.2) is 6.20 Å². The Kier molecular flexibility index (Phi) is 3.45. The van der Waals surface area contributed by atoms with Gasteiger partial charge in [-0.15, -0.1) is 0 Å². The van der Waals surface area contributed by atoms with Gasteiger partial charge in [0.15, 0.2) is 11.6 Å².